The molecule has 0 aliphatic carbocycles. The molecule has 1 aromatic heterocycles. The van der Waals surface area contributed by atoms with Gasteiger partial charge in [0.25, 0.3) is 0 Å². The van der Waals surface area contributed by atoms with Crippen molar-refractivity contribution in [2.24, 2.45) is 0 Å². The van der Waals surface area contributed by atoms with Gasteiger partial charge >= 0.3 is 6.98 Å². The molecule has 0 amide bonds. The van der Waals surface area contributed by atoms with Crippen LogP contribution in [-0.4, -0.2) is 32.8 Å². The van der Waals surface area contributed by atoms with Gasteiger partial charge in [0.2, 0.25) is 6.71 Å². The number of ether oxygens (including phenoxy) is 1. The summed E-state index contributed by atoms with van der Waals surface area (Å²) in [4.78, 5) is 9.67. The zero-order valence-corrected chi connectivity index (χ0v) is 27.2. The Kier molecular flexibility index (Phi) is 7.29. The predicted molar refractivity (Wildman–Crippen MR) is 174 cm³/mol. The van der Waals surface area contributed by atoms with Crippen molar-refractivity contribution in [3.05, 3.63) is 113 Å². The molecule has 0 atom stereocenters. The number of aryl methyl sites for hydroxylation is 4. The maximum Gasteiger partial charge on any atom is 0.411 e. The van der Waals surface area contributed by atoms with Crippen molar-refractivity contribution in [3.63, 3.8) is 0 Å². The number of benzene rings is 4. The van der Waals surface area contributed by atoms with E-state index < -0.39 is 0 Å². The van der Waals surface area contributed by atoms with E-state index in [4.69, 9.17) is 9.72 Å². The second-order valence-electron chi connectivity index (χ2n) is 11.5. The molecule has 0 bridgehead atoms. The van der Waals surface area contributed by atoms with Gasteiger partial charge in [-0.3, -0.25) is 0 Å². The number of nitrogens with zero attached hydrogens (tertiary/aromatic N) is 3. The first-order valence-electron chi connectivity index (χ1n) is 14.2. The summed E-state index contributed by atoms with van der Waals surface area (Å²) in [7, 11) is 4.34. The molecule has 7 rings (SSSR count). The van der Waals surface area contributed by atoms with E-state index in [0.717, 1.165) is 33.9 Å². The molecule has 3 heterocycles. The van der Waals surface area contributed by atoms with Crippen molar-refractivity contribution < 1.29 is 24.8 Å². The van der Waals surface area contributed by atoms with Crippen LogP contribution in [0.2, 0.25) is 0 Å². The molecule has 209 valence electrons. The molecule has 5 aromatic rings. The molecule has 7 heteroatoms. The third-order valence-electron chi connectivity index (χ3n) is 8.97. The summed E-state index contributed by atoms with van der Waals surface area (Å²) in [5.74, 6) is 1.76. The maximum atomic E-state index is 6.42. The second kappa shape index (κ2) is 10.8. The Hall–Kier alpha value is -3.79. The molecule has 4 nitrogen and oxygen atoms in total. The summed E-state index contributed by atoms with van der Waals surface area (Å²) in [6.07, 6.45) is 2.01. The van der Waals surface area contributed by atoms with Crippen LogP contribution in [0.1, 0.15) is 22.3 Å². The number of hydrogen-bond acceptors (Lipinski definition) is 4. The second-order valence-corrected chi connectivity index (χ2v) is 11.5. The van der Waals surface area contributed by atoms with E-state index in [0.29, 0.717) is 0 Å². The first kappa shape index (κ1) is 28.3. The topological polar surface area (TPSA) is 28.6 Å². The Labute approximate surface area is 263 Å². The SMILES string of the molecule is Cc1cccc(C)c1B1c2ccccc2Oc2c[c-]c(-c3cc4c(cn3)N(C)B(c3c(C)cccc3C)N4C)cc21.[Ir]. The molecule has 0 spiro atoms. The largest absolute Gasteiger partial charge is 0.503 e. The van der Waals surface area contributed by atoms with Crippen molar-refractivity contribution in [1.82, 2.24) is 4.98 Å². The van der Waals surface area contributed by atoms with Crippen molar-refractivity contribution in [3.8, 4) is 22.8 Å². The minimum Gasteiger partial charge on any atom is -0.503 e. The van der Waals surface area contributed by atoms with Crippen LogP contribution in [0.3, 0.4) is 0 Å². The molecule has 42 heavy (non-hydrogen) atoms. The van der Waals surface area contributed by atoms with Crippen molar-refractivity contribution >= 4 is 46.9 Å². The quantitative estimate of drug-likeness (QED) is 0.196. The van der Waals surface area contributed by atoms with Crippen molar-refractivity contribution in [1.29, 1.82) is 0 Å². The summed E-state index contributed by atoms with van der Waals surface area (Å²) in [6, 6.07) is 31.4. The van der Waals surface area contributed by atoms with Crippen LogP contribution in [0.4, 0.5) is 11.4 Å². The van der Waals surface area contributed by atoms with Crippen LogP contribution in [-0.2, 0) is 20.1 Å². The number of pyridine rings is 1. The number of rotatable bonds is 3. The fourth-order valence-corrected chi connectivity index (χ4v) is 6.93. The van der Waals surface area contributed by atoms with Gasteiger partial charge in [0.1, 0.15) is 5.75 Å². The van der Waals surface area contributed by atoms with Crippen LogP contribution in [0, 0.1) is 33.8 Å². The van der Waals surface area contributed by atoms with E-state index in [-0.39, 0.29) is 33.8 Å². The van der Waals surface area contributed by atoms with Gasteiger partial charge in [-0.1, -0.05) is 88.4 Å². The molecule has 0 saturated carbocycles. The first-order valence-corrected chi connectivity index (χ1v) is 14.2. The Morgan fingerprint density at radius 3 is 2.00 bits per heavy atom. The molecule has 4 aromatic carbocycles. The van der Waals surface area contributed by atoms with E-state index in [1.54, 1.807) is 0 Å². The van der Waals surface area contributed by atoms with Gasteiger partial charge in [0.05, 0.1) is 5.69 Å². The van der Waals surface area contributed by atoms with E-state index in [9.17, 15) is 0 Å². The number of para-hydroxylation sites is 1. The average molecular weight is 725 g/mol. The molecular weight excluding hydrogens is 692 g/mol. The number of hydrogen-bond donors (Lipinski definition) is 0. The Morgan fingerprint density at radius 1 is 0.690 bits per heavy atom. The van der Waals surface area contributed by atoms with Crippen LogP contribution >= 0.6 is 0 Å². The smallest absolute Gasteiger partial charge is 0.411 e. The third-order valence-corrected chi connectivity index (χ3v) is 8.97. The number of anilines is 2. The van der Waals surface area contributed by atoms with Gasteiger partial charge in [-0.25, -0.2) is 0 Å². The molecular formula is C35H32B2IrN3O-. The summed E-state index contributed by atoms with van der Waals surface area (Å²) in [6.45, 7) is 9.00. The fourth-order valence-electron chi connectivity index (χ4n) is 6.93. The van der Waals surface area contributed by atoms with Gasteiger partial charge < -0.3 is 19.3 Å². The standard InChI is InChI=1S/C35H32B2N3O.Ir/c1-22-11-9-12-23(2)34(22)36-27-15-7-8-16-32(27)41-33-18-17-26(19-28(33)36)29-20-30-31(21-38-29)40(6)37(39(30)5)35-24(3)13-10-14-25(35)4;/h7-16,18-21H,1-6H3;/q-1;. The fraction of sp³-hybridized carbons (Fsp3) is 0.171. The van der Waals surface area contributed by atoms with E-state index in [1.807, 2.05) is 18.3 Å². The van der Waals surface area contributed by atoms with Crippen LogP contribution in [0.25, 0.3) is 11.3 Å². The summed E-state index contributed by atoms with van der Waals surface area (Å²) < 4.78 is 6.42. The van der Waals surface area contributed by atoms with Crippen LogP contribution in [0.15, 0.2) is 85.1 Å². The van der Waals surface area contributed by atoms with Crippen LogP contribution < -0.4 is 36.2 Å². The predicted octanol–water partition coefficient (Wildman–Crippen LogP) is 4.68. The van der Waals surface area contributed by atoms with E-state index in [2.05, 4.69) is 124 Å². The molecule has 2 aliphatic heterocycles. The average Bonchev–Trinajstić information content (AvgIpc) is 3.21. The minimum atomic E-state index is 0. The molecule has 1 radical (unpaired) electrons. The van der Waals surface area contributed by atoms with E-state index >= 15 is 0 Å². The zero-order valence-electron chi connectivity index (χ0n) is 24.8. The Balaban J connectivity index is 0.00000316. The van der Waals surface area contributed by atoms with Crippen molar-refractivity contribution in [2.45, 2.75) is 27.7 Å². The van der Waals surface area contributed by atoms with Crippen LogP contribution in [0.5, 0.6) is 11.5 Å². The van der Waals surface area contributed by atoms with Gasteiger partial charge in [-0.15, -0.1) is 29.2 Å². The molecule has 0 fully saturated rings. The molecule has 0 unspecified atom stereocenters. The first-order chi connectivity index (χ1) is 19.8. The van der Waals surface area contributed by atoms with Gasteiger partial charge in [0.15, 0.2) is 0 Å². The maximum absolute atomic E-state index is 6.42. The zero-order chi connectivity index (χ0) is 28.4. The van der Waals surface area contributed by atoms with Gasteiger partial charge in [-0.05, 0) is 64.5 Å². The molecule has 2 aliphatic rings. The normalized spacial score (nSPS) is 13.3. The molecule has 0 saturated heterocycles. The summed E-state index contributed by atoms with van der Waals surface area (Å²) in [5.41, 5.74) is 14.4. The van der Waals surface area contributed by atoms with Gasteiger partial charge in [-0.2, -0.15) is 0 Å². The Bertz CT molecular complexity index is 1800. The minimum absolute atomic E-state index is 0. The summed E-state index contributed by atoms with van der Waals surface area (Å²) >= 11 is 0. The monoisotopic (exact) mass is 725 g/mol. The van der Waals surface area contributed by atoms with Gasteiger partial charge in [0, 0.05) is 37.7 Å². The number of aromatic nitrogens is 1. The number of fused-ring (bicyclic) bond motifs is 3. The third kappa shape index (κ3) is 4.38. The van der Waals surface area contributed by atoms with E-state index in [1.165, 1.54) is 44.3 Å². The van der Waals surface area contributed by atoms with Crippen molar-refractivity contribution in [2.75, 3.05) is 23.7 Å². The summed E-state index contributed by atoms with van der Waals surface area (Å²) in [5, 5.41) is 0. The molecule has 0 N–H and O–H groups in total. The Morgan fingerprint density at radius 2 is 1.31 bits per heavy atom.